The number of halogens is 1. The van der Waals surface area contributed by atoms with E-state index in [1.165, 1.54) is 11.3 Å². The van der Waals surface area contributed by atoms with Gasteiger partial charge in [-0.2, -0.15) is 0 Å². The van der Waals surface area contributed by atoms with Crippen LogP contribution >= 0.6 is 22.9 Å². The number of hydrogen-bond acceptors (Lipinski definition) is 3. The lowest BCUT2D eigenvalue weighted by molar-refractivity contribution is -0.132. The number of benzene rings is 2. The summed E-state index contributed by atoms with van der Waals surface area (Å²) in [5.74, 6) is -0.335. The highest BCUT2D eigenvalue weighted by atomic mass is 35.5. The van der Waals surface area contributed by atoms with Crippen molar-refractivity contribution in [2.45, 2.75) is 13.0 Å². The van der Waals surface area contributed by atoms with Crippen LogP contribution in [0.15, 0.2) is 67.3 Å². The third-order valence-corrected chi connectivity index (χ3v) is 5.56. The van der Waals surface area contributed by atoms with E-state index < -0.39 is 0 Å². The monoisotopic (exact) mass is 412 g/mol. The smallest absolute Gasteiger partial charge is 0.242 e. The first kappa shape index (κ1) is 20.1. The van der Waals surface area contributed by atoms with Crippen LogP contribution in [0.3, 0.4) is 0 Å². The van der Waals surface area contributed by atoms with E-state index in [0.29, 0.717) is 17.4 Å². The Kier molecular flexibility index (Phi) is 6.85. The van der Waals surface area contributed by atoms with Crippen LogP contribution in [-0.4, -0.2) is 29.8 Å². The molecular formula is C22H21ClN2O2S. The molecule has 2 aromatic carbocycles. The second kappa shape index (κ2) is 9.53. The van der Waals surface area contributed by atoms with Gasteiger partial charge in [-0.25, -0.2) is 0 Å². The Morgan fingerprint density at radius 2 is 1.89 bits per heavy atom. The number of carbonyl (C=O) groups is 2. The van der Waals surface area contributed by atoms with Gasteiger partial charge < -0.3 is 10.2 Å². The van der Waals surface area contributed by atoms with Crippen molar-refractivity contribution in [3.05, 3.63) is 82.0 Å². The van der Waals surface area contributed by atoms with Crippen LogP contribution in [0, 0.1) is 0 Å². The number of nitrogens with zero attached hydrogens (tertiary/aromatic N) is 1. The fourth-order valence-electron chi connectivity index (χ4n) is 3.00. The molecule has 0 fully saturated rings. The van der Waals surface area contributed by atoms with Gasteiger partial charge >= 0.3 is 0 Å². The molecule has 2 amide bonds. The van der Waals surface area contributed by atoms with Gasteiger partial charge in [0.2, 0.25) is 11.8 Å². The first-order valence-electron chi connectivity index (χ1n) is 8.93. The molecule has 28 heavy (non-hydrogen) atoms. The molecule has 1 heterocycles. The number of fused-ring (bicyclic) bond motifs is 1. The van der Waals surface area contributed by atoms with Gasteiger partial charge in [0.15, 0.2) is 0 Å². The Hall–Kier alpha value is -2.63. The quantitative estimate of drug-likeness (QED) is 0.556. The van der Waals surface area contributed by atoms with Gasteiger partial charge in [0, 0.05) is 11.4 Å². The lowest BCUT2D eigenvalue weighted by Crippen LogP contribution is -2.40. The summed E-state index contributed by atoms with van der Waals surface area (Å²) >= 11 is 7.40. The van der Waals surface area contributed by atoms with E-state index in [9.17, 15) is 9.59 Å². The number of hydrogen-bond donors (Lipinski definition) is 1. The molecule has 0 aliphatic carbocycles. The summed E-state index contributed by atoms with van der Waals surface area (Å²) < 4.78 is 0.685. The molecule has 0 saturated carbocycles. The minimum atomic E-state index is -0.178. The first-order valence-corrected chi connectivity index (χ1v) is 10.1. The minimum Gasteiger partial charge on any atom is -0.347 e. The van der Waals surface area contributed by atoms with Crippen molar-refractivity contribution in [2.24, 2.45) is 0 Å². The SMILES string of the molecule is C=CCN(Cc1ccc(Cl)s1)C(=O)CNC(=O)Cc1cccc2ccccc12. The van der Waals surface area contributed by atoms with Crippen LogP contribution in [0.4, 0.5) is 0 Å². The summed E-state index contributed by atoms with van der Waals surface area (Å²) in [5, 5.41) is 4.88. The number of thiophene rings is 1. The second-order valence-electron chi connectivity index (χ2n) is 6.36. The van der Waals surface area contributed by atoms with Crippen molar-refractivity contribution in [3.8, 4) is 0 Å². The summed E-state index contributed by atoms with van der Waals surface area (Å²) in [6.07, 6.45) is 1.90. The van der Waals surface area contributed by atoms with Gasteiger partial charge in [0.1, 0.15) is 0 Å². The van der Waals surface area contributed by atoms with Crippen LogP contribution < -0.4 is 5.32 Å². The van der Waals surface area contributed by atoms with Gasteiger partial charge in [-0.05, 0) is 28.5 Å². The number of rotatable bonds is 8. The van der Waals surface area contributed by atoms with Crippen molar-refractivity contribution in [3.63, 3.8) is 0 Å². The molecule has 4 nitrogen and oxygen atoms in total. The maximum absolute atomic E-state index is 12.5. The topological polar surface area (TPSA) is 49.4 Å². The van der Waals surface area contributed by atoms with E-state index in [1.54, 1.807) is 11.0 Å². The van der Waals surface area contributed by atoms with E-state index in [1.807, 2.05) is 54.6 Å². The molecule has 1 aromatic heterocycles. The highest BCUT2D eigenvalue weighted by Gasteiger charge is 2.15. The van der Waals surface area contributed by atoms with E-state index in [2.05, 4.69) is 11.9 Å². The Labute approximate surface area is 173 Å². The number of amides is 2. The summed E-state index contributed by atoms with van der Waals surface area (Å²) in [6.45, 7) is 4.52. The molecule has 3 aromatic rings. The zero-order chi connectivity index (χ0) is 19.9. The summed E-state index contributed by atoms with van der Waals surface area (Å²) in [5.41, 5.74) is 0.944. The van der Waals surface area contributed by atoms with Crippen molar-refractivity contribution >= 4 is 45.5 Å². The summed E-state index contributed by atoms with van der Waals surface area (Å²) in [6, 6.07) is 17.6. The highest BCUT2D eigenvalue weighted by Crippen LogP contribution is 2.23. The van der Waals surface area contributed by atoms with Crippen LogP contribution in [0.25, 0.3) is 10.8 Å². The van der Waals surface area contributed by atoms with Gasteiger partial charge in [0.05, 0.1) is 23.8 Å². The summed E-state index contributed by atoms with van der Waals surface area (Å²) in [7, 11) is 0. The van der Waals surface area contributed by atoms with Crippen molar-refractivity contribution in [1.82, 2.24) is 10.2 Å². The molecule has 144 valence electrons. The molecule has 1 N–H and O–H groups in total. The Balaban J connectivity index is 1.59. The normalized spacial score (nSPS) is 10.6. The van der Waals surface area contributed by atoms with Crippen LogP contribution in [0.1, 0.15) is 10.4 Å². The Morgan fingerprint density at radius 3 is 2.64 bits per heavy atom. The Morgan fingerprint density at radius 1 is 1.11 bits per heavy atom. The molecule has 0 radical (unpaired) electrons. The molecule has 0 spiro atoms. The fourth-order valence-corrected chi connectivity index (χ4v) is 4.11. The van der Waals surface area contributed by atoms with Gasteiger partial charge in [-0.15, -0.1) is 17.9 Å². The molecule has 0 atom stereocenters. The summed E-state index contributed by atoms with van der Waals surface area (Å²) in [4.78, 5) is 27.6. The lowest BCUT2D eigenvalue weighted by atomic mass is 10.0. The van der Waals surface area contributed by atoms with Gasteiger partial charge in [-0.3, -0.25) is 9.59 Å². The zero-order valence-corrected chi connectivity index (χ0v) is 16.9. The maximum Gasteiger partial charge on any atom is 0.242 e. The molecule has 0 unspecified atom stereocenters. The highest BCUT2D eigenvalue weighted by molar-refractivity contribution is 7.16. The molecule has 0 aliphatic rings. The van der Waals surface area contributed by atoms with Crippen LogP contribution in [0.2, 0.25) is 4.34 Å². The average Bonchev–Trinajstić information content (AvgIpc) is 3.11. The van der Waals surface area contributed by atoms with E-state index >= 15 is 0 Å². The lowest BCUT2D eigenvalue weighted by Gasteiger charge is -2.20. The van der Waals surface area contributed by atoms with E-state index in [0.717, 1.165) is 21.2 Å². The molecule has 6 heteroatoms. The van der Waals surface area contributed by atoms with Crippen LogP contribution in [0.5, 0.6) is 0 Å². The molecular weight excluding hydrogens is 392 g/mol. The molecule has 0 aliphatic heterocycles. The average molecular weight is 413 g/mol. The largest absolute Gasteiger partial charge is 0.347 e. The van der Waals surface area contributed by atoms with Crippen molar-refractivity contribution in [2.75, 3.05) is 13.1 Å². The third kappa shape index (κ3) is 5.21. The molecule has 0 saturated heterocycles. The van der Waals surface area contributed by atoms with Gasteiger partial charge in [-0.1, -0.05) is 60.1 Å². The zero-order valence-electron chi connectivity index (χ0n) is 15.4. The first-order chi connectivity index (χ1) is 13.6. The molecule has 3 rings (SSSR count). The van der Waals surface area contributed by atoms with Gasteiger partial charge in [0.25, 0.3) is 0 Å². The predicted octanol–water partition coefficient (Wildman–Crippen LogP) is 4.43. The van der Waals surface area contributed by atoms with Crippen molar-refractivity contribution < 1.29 is 9.59 Å². The third-order valence-electron chi connectivity index (χ3n) is 4.35. The van der Waals surface area contributed by atoms with E-state index in [-0.39, 0.29) is 24.8 Å². The fraction of sp³-hybridized carbons (Fsp3) is 0.182. The number of carbonyl (C=O) groups excluding carboxylic acids is 2. The number of nitrogens with one attached hydrogen (secondary N) is 1. The Bertz CT molecular complexity index is 994. The second-order valence-corrected chi connectivity index (χ2v) is 8.16. The standard InChI is InChI=1S/C22H21ClN2O2S/c1-2-12-25(15-18-10-11-20(23)28-18)22(27)14-24-21(26)13-17-8-5-7-16-6-3-4-9-19(16)17/h2-11H,1,12-15H2,(H,24,26). The molecule has 0 bridgehead atoms. The van der Waals surface area contributed by atoms with E-state index in [4.69, 9.17) is 11.6 Å². The minimum absolute atomic E-state index is 0.0451. The predicted molar refractivity (Wildman–Crippen MR) is 116 cm³/mol. The maximum atomic E-state index is 12.5. The van der Waals surface area contributed by atoms with Crippen molar-refractivity contribution in [1.29, 1.82) is 0 Å². The van der Waals surface area contributed by atoms with Crippen LogP contribution in [-0.2, 0) is 22.6 Å².